The van der Waals surface area contributed by atoms with Crippen molar-refractivity contribution in [3.8, 4) is 5.75 Å². The zero-order chi connectivity index (χ0) is 20.4. The maximum Gasteiger partial charge on any atom is 0.327 e. The van der Waals surface area contributed by atoms with Gasteiger partial charge in [0.2, 0.25) is 5.91 Å². The van der Waals surface area contributed by atoms with Crippen LogP contribution >= 0.6 is 0 Å². The van der Waals surface area contributed by atoms with Gasteiger partial charge in [-0.3, -0.25) is 9.69 Å². The van der Waals surface area contributed by atoms with Gasteiger partial charge in [-0.05, 0) is 49.6 Å². The van der Waals surface area contributed by atoms with Crippen LogP contribution in [0, 0.1) is 6.92 Å². The number of amides is 3. The molecule has 2 fully saturated rings. The van der Waals surface area contributed by atoms with Crippen LogP contribution in [0.4, 0.5) is 4.79 Å². The van der Waals surface area contributed by atoms with Crippen LogP contribution in [-0.2, 0) is 17.9 Å². The van der Waals surface area contributed by atoms with Gasteiger partial charge in [-0.15, -0.1) is 0 Å². The first-order chi connectivity index (χ1) is 14.1. The van der Waals surface area contributed by atoms with Gasteiger partial charge < -0.3 is 15.0 Å². The molecule has 2 saturated heterocycles. The van der Waals surface area contributed by atoms with Crippen molar-refractivity contribution in [2.45, 2.75) is 44.9 Å². The molecule has 6 heteroatoms. The number of urea groups is 1. The van der Waals surface area contributed by atoms with Gasteiger partial charge in [-0.25, -0.2) is 4.79 Å². The largest absolute Gasteiger partial charge is 0.497 e. The maximum absolute atomic E-state index is 13.4. The Balaban J connectivity index is 1.60. The van der Waals surface area contributed by atoms with Gasteiger partial charge in [0.1, 0.15) is 11.8 Å². The van der Waals surface area contributed by atoms with Gasteiger partial charge in [0, 0.05) is 6.54 Å². The van der Waals surface area contributed by atoms with E-state index in [1.54, 1.807) is 7.11 Å². The number of benzene rings is 2. The molecule has 2 aliphatic heterocycles. The lowest BCUT2D eigenvalue weighted by molar-refractivity contribution is -0.137. The number of carbonyl (C=O) groups excluding carboxylic acids is 2. The monoisotopic (exact) mass is 393 g/mol. The van der Waals surface area contributed by atoms with Crippen molar-refractivity contribution in [2.24, 2.45) is 0 Å². The van der Waals surface area contributed by atoms with E-state index in [-0.39, 0.29) is 30.6 Å². The zero-order valence-electron chi connectivity index (χ0n) is 16.9. The highest BCUT2D eigenvalue weighted by atomic mass is 16.5. The molecule has 2 unspecified atom stereocenters. The molecule has 2 aromatic rings. The molecule has 0 saturated carbocycles. The molecule has 29 heavy (non-hydrogen) atoms. The number of ether oxygens (including phenoxy) is 1. The zero-order valence-corrected chi connectivity index (χ0v) is 16.9. The van der Waals surface area contributed by atoms with E-state index in [0.717, 1.165) is 41.8 Å². The molecule has 6 nitrogen and oxygen atoms in total. The molecule has 2 atom stereocenters. The van der Waals surface area contributed by atoms with Gasteiger partial charge in [-0.1, -0.05) is 42.0 Å². The van der Waals surface area contributed by atoms with Crippen LogP contribution in [-0.4, -0.2) is 47.5 Å². The van der Waals surface area contributed by atoms with Gasteiger partial charge in [0.25, 0.3) is 0 Å². The Morgan fingerprint density at radius 2 is 1.86 bits per heavy atom. The number of nitrogens with zero attached hydrogens (tertiary/aromatic N) is 2. The summed E-state index contributed by atoms with van der Waals surface area (Å²) in [7, 11) is 1.62. The Hall–Kier alpha value is -2.86. The summed E-state index contributed by atoms with van der Waals surface area (Å²) in [6.07, 6.45) is 1.81. The van der Waals surface area contributed by atoms with Crippen molar-refractivity contribution in [3.63, 3.8) is 0 Å². The lowest BCUT2D eigenvalue weighted by Gasteiger charge is -2.47. The second-order valence-corrected chi connectivity index (χ2v) is 7.81. The first kappa shape index (κ1) is 19.5. The summed E-state index contributed by atoms with van der Waals surface area (Å²) >= 11 is 0. The minimum Gasteiger partial charge on any atom is -0.497 e. The highest BCUT2D eigenvalue weighted by Crippen LogP contribution is 2.28. The number of rotatable bonds is 5. The van der Waals surface area contributed by atoms with Crippen molar-refractivity contribution >= 4 is 11.9 Å². The number of carbonyl (C=O) groups is 2. The summed E-state index contributed by atoms with van der Waals surface area (Å²) in [6, 6.07) is 15.0. The molecule has 3 amide bonds. The van der Waals surface area contributed by atoms with Crippen LogP contribution in [0.15, 0.2) is 48.5 Å². The van der Waals surface area contributed by atoms with E-state index in [1.807, 2.05) is 54.3 Å². The fourth-order valence-corrected chi connectivity index (χ4v) is 4.27. The number of methoxy groups -OCH3 is 1. The van der Waals surface area contributed by atoms with E-state index >= 15 is 0 Å². The second-order valence-electron chi connectivity index (χ2n) is 7.81. The Kier molecular flexibility index (Phi) is 5.53. The molecule has 2 aliphatic rings. The minimum atomic E-state index is -0.343. The number of hydrogen-bond acceptors (Lipinski definition) is 4. The van der Waals surface area contributed by atoms with Crippen molar-refractivity contribution in [2.75, 3.05) is 13.7 Å². The molecule has 2 aromatic carbocycles. The van der Waals surface area contributed by atoms with Crippen molar-refractivity contribution in [1.82, 2.24) is 15.1 Å². The van der Waals surface area contributed by atoms with Gasteiger partial charge >= 0.3 is 6.03 Å². The fraction of sp³-hybridized carbons (Fsp3) is 0.391. The van der Waals surface area contributed by atoms with E-state index < -0.39 is 0 Å². The third-order valence-electron chi connectivity index (χ3n) is 5.77. The molecule has 4 rings (SSSR count). The lowest BCUT2D eigenvalue weighted by Crippen LogP contribution is -2.68. The second kappa shape index (κ2) is 8.25. The highest BCUT2D eigenvalue weighted by Gasteiger charge is 2.46. The molecule has 0 spiro atoms. The van der Waals surface area contributed by atoms with Crippen molar-refractivity contribution in [3.05, 3.63) is 65.2 Å². The lowest BCUT2D eigenvalue weighted by atomic mass is 9.92. The van der Waals surface area contributed by atoms with Crippen LogP contribution < -0.4 is 10.1 Å². The SMILES string of the molecule is COc1ccc(CN2C(=O)C3NCCCC3N(Cc3cccc(C)c3)C2=O)cc1. The summed E-state index contributed by atoms with van der Waals surface area (Å²) in [6.45, 7) is 3.62. The molecule has 0 radical (unpaired) electrons. The highest BCUT2D eigenvalue weighted by molar-refractivity contribution is 6.00. The Morgan fingerprint density at radius 3 is 2.59 bits per heavy atom. The molecule has 1 N–H and O–H groups in total. The summed E-state index contributed by atoms with van der Waals surface area (Å²) in [4.78, 5) is 29.8. The maximum atomic E-state index is 13.4. The molecule has 152 valence electrons. The van der Waals surface area contributed by atoms with E-state index in [2.05, 4.69) is 11.4 Å². The summed E-state index contributed by atoms with van der Waals surface area (Å²) in [5.41, 5.74) is 3.15. The van der Waals surface area contributed by atoms with Crippen LogP contribution in [0.1, 0.15) is 29.5 Å². The normalized spacial score (nSPS) is 21.9. The molecule has 0 aromatic heterocycles. The van der Waals surface area contributed by atoms with Gasteiger partial charge in [-0.2, -0.15) is 0 Å². The molecular formula is C23H27N3O3. The molecule has 0 bridgehead atoms. The predicted molar refractivity (Wildman–Crippen MR) is 110 cm³/mol. The Morgan fingerprint density at radius 1 is 1.07 bits per heavy atom. The third-order valence-corrected chi connectivity index (χ3v) is 5.77. The average molecular weight is 393 g/mol. The predicted octanol–water partition coefficient (Wildman–Crippen LogP) is 3.09. The smallest absolute Gasteiger partial charge is 0.327 e. The summed E-state index contributed by atoms with van der Waals surface area (Å²) < 4.78 is 5.20. The van der Waals surface area contributed by atoms with E-state index in [1.165, 1.54) is 4.90 Å². The van der Waals surface area contributed by atoms with Crippen LogP contribution in [0.5, 0.6) is 5.75 Å². The number of piperidine rings is 1. The average Bonchev–Trinajstić information content (AvgIpc) is 2.75. The number of imide groups is 1. The Labute approximate surface area is 171 Å². The minimum absolute atomic E-state index is 0.101. The van der Waals surface area contributed by atoms with Crippen molar-refractivity contribution < 1.29 is 14.3 Å². The van der Waals surface area contributed by atoms with Crippen LogP contribution in [0.3, 0.4) is 0 Å². The standard InChI is InChI=1S/C23H27N3O3/c1-16-5-3-6-18(13-16)15-25-20-7-4-12-24-21(20)22(27)26(23(25)28)14-17-8-10-19(29-2)11-9-17/h3,5-6,8-11,13,20-21,24H,4,7,12,14-15H2,1-2H3. The van der Waals surface area contributed by atoms with Gasteiger partial charge in [0.15, 0.2) is 0 Å². The third kappa shape index (κ3) is 3.98. The Bertz CT molecular complexity index is 896. The number of nitrogens with one attached hydrogen (secondary N) is 1. The van der Waals surface area contributed by atoms with Crippen LogP contribution in [0.25, 0.3) is 0 Å². The van der Waals surface area contributed by atoms with E-state index in [4.69, 9.17) is 4.74 Å². The topological polar surface area (TPSA) is 61.9 Å². The number of aryl methyl sites for hydroxylation is 1. The first-order valence-electron chi connectivity index (χ1n) is 10.1. The quantitative estimate of drug-likeness (QED) is 0.848. The van der Waals surface area contributed by atoms with Crippen molar-refractivity contribution in [1.29, 1.82) is 0 Å². The fourth-order valence-electron chi connectivity index (χ4n) is 4.27. The molecular weight excluding hydrogens is 366 g/mol. The van der Waals surface area contributed by atoms with Crippen LogP contribution in [0.2, 0.25) is 0 Å². The number of hydrogen-bond donors (Lipinski definition) is 1. The number of fused-ring (bicyclic) bond motifs is 1. The van der Waals surface area contributed by atoms with E-state index in [0.29, 0.717) is 6.54 Å². The summed E-state index contributed by atoms with van der Waals surface area (Å²) in [5, 5.41) is 3.35. The molecule has 0 aliphatic carbocycles. The van der Waals surface area contributed by atoms with E-state index in [9.17, 15) is 9.59 Å². The molecule has 2 heterocycles. The van der Waals surface area contributed by atoms with Gasteiger partial charge in [0.05, 0.1) is 19.7 Å². The summed E-state index contributed by atoms with van der Waals surface area (Å²) in [5.74, 6) is 0.621. The first-order valence-corrected chi connectivity index (χ1v) is 10.1.